The van der Waals surface area contributed by atoms with Crippen molar-refractivity contribution in [2.75, 3.05) is 0 Å². The minimum absolute atomic E-state index is 0. The first-order valence-electron chi connectivity index (χ1n) is 6.00. The summed E-state index contributed by atoms with van der Waals surface area (Å²) in [6.07, 6.45) is -1.01. The molecule has 2 nitrogen and oxygen atoms in total. The molecule has 0 aliphatic heterocycles. The molecular formula is C16H15Cl3O2Ti. The van der Waals surface area contributed by atoms with Gasteiger partial charge < -0.3 is 42.3 Å². The molecule has 0 radical (unpaired) electrons. The molecule has 22 heavy (non-hydrogen) atoms. The third-order valence-electron chi connectivity index (χ3n) is 3.05. The van der Waals surface area contributed by atoms with Crippen molar-refractivity contribution in [2.24, 2.45) is 5.92 Å². The van der Waals surface area contributed by atoms with Crippen LogP contribution in [0.1, 0.15) is 28.9 Å². The van der Waals surface area contributed by atoms with Gasteiger partial charge in [0.05, 0.1) is 0 Å². The van der Waals surface area contributed by atoms with Gasteiger partial charge in [-0.15, -0.1) is 0 Å². The number of ketones is 1. The monoisotopic (exact) mass is 392 g/mol. The molecule has 0 aliphatic carbocycles. The van der Waals surface area contributed by atoms with Crippen molar-refractivity contribution in [3.63, 3.8) is 0 Å². The number of carbonyl (C=O) groups excluding carboxylic acids is 1. The number of hydrogen-bond donors (Lipinski definition) is 0. The fraction of sp³-hybridized carbons (Fsp3) is 0.188. The summed E-state index contributed by atoms with van der Waals surface area (Å²) in [5.41, 5.74) is 1.26. The topological polar surface area (TPSA) is 40.1 Å². The van der Waals surface area contributed by atoms with Gasteiger partial charge >= 0.3 is 21.7 Å². The molecule has 2 aromatic rings. The minimum atomic E-state index is -1.01. The van der Waals surface area contributed by atoms with Crippen molar-refractivity contribution in [3.05, 3.63) is 71.8 Å². The maximum atomic E-state index is 12.2. The molecule has 0 amide bonds. The van der Waals surface area contributed by atoms with Crippen molar-refractivity contribution in [2.45, 2.75) is 13.0 Å². The molecule has 2 rings (SSSR count). The zero-order valence-corrected chi connectivity index (χ0v) is 15.7. The van der Waals surface area contributed by atoms with Crippen molar-refractivity contribution in [1.82, 2.24) is 0 Å². The molecule has 116 valence electrons. The summed E-state index contributed by atoms with van der Waals surface area (Å²) in [7, 11) is 0. The molecule has 0 saturated carbocycles. The summed E-state index contributed by atoms with van der Waals surface area (Å²) in [6.45, 7) is 1.69. The summed E-state index contributed by atoms with van der Waals surface area (Å²) in [4.78, 5) is 12.2. The average Bonchev–Trinajstić information content (AvgIpc) is 2.47. The van der Waals surface area contributed by atoms with Crippen molar-refractivity contribution in [3.8, 4) is 0 Å². The van der Waals surface area contributed by atoms with Crippen LogP contribution in [-0.2, 0) is 21.7 Å². The minimum Gasteiger partial charge on any atom is -1.00 e. The van der Waals surface area contributed by atoms with Gasteiger partial charge in [-0.2, -0.15) is 0 Å². The van der Waals surface area contributed by atoms with Crippen molar-refractivity contribution >= 4 is 5.78 Å². The predicted octanol–water partition coefficient (Wildman–Crippen LogP) is -6.38. The van der Waals surface area contributed by atoms with Crippen molar-refractivity contribution in [1.29, 1.82) is 0 Å². The molecular weight excluding hydrogens is 378 g/mol. The molecule has 2 aromatic carbocycles. The van der Waals surface area contributed by atoms with Crippen molar-refractivity contribution < 1.29 is 68.8 Å². The number of hydrogen-bond acceptors (Lipinski definition) is 2. The van der Waals surface area contributed by atoms with E-state index in [1.54, 1.807) is 31.2 Å². The molecule has 0 aromatic heterocycles. The number of rotatable bonds is 4. The van der Waals surface area contributed by atoms with Gasteiger partial charge in [-0.25, -0.2) is 0 Å². The zero-order valence-electron chi connectivity index (χ0n) is 11.9. The molecule has 0 spiro atoms. The average molecular weight is 394 g/mol. The van der Waals surface area contributed by atoms with Gasteiger partial charge in [-0.3, -0.25) is 4.79 Å². The molecule has 0 aliphatic rings. The maximum Gasteiger partial charge on any atom is 4.00 e. The Labute approximate surface area is 164 Å². The van der Waals surface area contributed by atoms with Gasteiger partial charge in [0.15, 0.2) is 5.78 Å². The molecule has 0 heterocycles. The first kappa shape index (κ1) is 26.5. The largest absolute Gasteiger partial charge is 4.00 e. The summed E-state index contributed by atoms with van der Waals surface area (Å²) >= 11 is 0. The summed E-state index contributed by atoms with van der Waals surface area (Å²) in [5.74, 6) is -0.658. The van der Waals surface area contributed by atoms with Crippen LogP contribution in [0.4, 0.5) is 0 Å². The van der Waals surface area contributed by atoms with E-state index in [-0.39, 0.29) is 64.7 Å². The Morgan fingerprint density at radius 1 is 0.864 bits per heavy atom. The Kier molecular flexibility index (Phi) is 15.8. The fourth-order valence-corrected chi connectivity index (χ4v) is 1.93. The van der Waals surface area contributed by atoms with E-state index in [0.717, 1.165) is 0 Å². The van der Waals surface area contributed by atoms with E-state index in [2.05, 4.69) is 0 Å². The van der Waals surface area contributed by atoms with Crippen LogP contribution in [0.3, 0.4) is 0 Å². The molecule has 0 saturated heterocycles. The van der Waals surface area contributed by atoms with E-state index >= 15 is 0 Å². The summed E-state index contributed by atoms with van der Waals surface area (Å²) in [5, 5.41) is 12.2. The first-order chi connectivity index (χ1) is 8.70. The normalized spacial score (nSPS) is 11.4. The fourth-order valence-electron chi connectivity index (χ4n) is 1.93. The van der Waals surface area contributed by atoms with Crippen LogP contribution in [0.5, 0.6) is 0 Å². The Hall–Kier alpha value is -0.346. The van der Waals surface area contributed by atoms with Crippen LogP contribution in [0, 0.1) is 5.92 Å². The van der Waals surface area contributed by atoms with Crippen LogP contribution in [0.15, 0.2) is 60.7 Å². The van der Waals surface area contributed by atoms with E-state index in [0.29, 0.717) is 11.1 Å². The predicted molar refractivity (Wildman–Crippen MR) is 69.1 cm³/mol. The SMILES string of the molecule is C[C@H](C(=O)c1ccccc1)[C@H]([O-])c1ccccc1.[Cl-].[Cl-].[Cl-].[Ti+4]. The van der Waals surface area contributed by atoms with E-state index in [4.69, 9.17) is 0 Å². The maximum absolute atomic E-state index is 12.2. The van der Waals surface area contributed by atoms with Gasteiger partial charge in [0.25, 0.3) is 0 Å². The Morgan fingerprint density at radius 2 is 1.27 bits per heavy atom. The molecule has 6 heteroatoms. The summed E-state index contributed by atoms with van der Waals surface area (Å²) < 4.78 is 0. The smallest absolute Gasteiger partial charge is 1.00 e. The van der Waals surface area contributed by atoms with Crippen LogP contribution in [0.25, 0.3) is 0 Å². The molecule has 0 unspecified atom stereocenters. The Balaban J connectivity index is -0.000000902. The Bertz CT molecular complexity index is 523. The summed E-state index contributed by atoms with van der Waals surface area (Å²) in [6, 6.07) is 18.0. The van der Waals surface area contributed by atoms with Gasteiger partial charge in [0, 0.05) is 11.5 Å². The third kappa shape index (κ3) is 6.83. The molecule has 0 bridgehead atoms. The second-order valence-corrected chi connectivity index (χ2v) is 4.35. The number of carbonyl (C=O) groups is 1. The molecule has 0 N–H and O–H groups in total. The van der Waals surface area contributed by atoms with Gasteiger partial charge in [0.2, 0.25) is 0 Å². The third-order valence-corrected chi connectivity index (χ3v) is 3.05. The quantitative estimate of drug-likeness (QED) is 0.383. The number of Topliss-reactive ketones (excluding diaryl/α,β-unsaturated/α-hetero) is 1. The van der Waals surface area contributed by atoms with Crippen LogP contribution < -0.4 is 42.3 Å². The number of halogens is 3. The molecule has 0 fully saturated rings. The van der Waals surface area contributed by atoms with Crippen LogP contribution in [0.2, 0.25) is 0 Å². The van der Waals surface area contributed by atoms with E-state index in [1.807, 2.05) is 36.4 Å². The van der Waals surface area contributed by atoms with Crippen LogP contribution >= 0.6 is 0 Å². The van der Waals surface area contributed by atoms with E-state index in [9.17, 15) is 9.90 Å². The van der Waals surface area contributed by atoms with E-state index < -0.39 is 12.0 Å². The number of benzene rings is 2. The van der Waals surface area contributed by atoms with Crippen LogP contribution in [-0.4, -0.2) is 5.78 Å². The second-order valence-electron chi connectivity index (χ2n) is 4.35. The van der Waals surface area contributed by atoms with Gasteiger partial charge in [0.1, 0.15) is 0 Å². The first-order valence-corrected chi connectivity index (χ1v) is 6.00. The van der Waals surface area contributed by atoms with Gasteiger partial charge in [-0.1, -0.05) is 79.3 Å². The Morgan fingerprint density at radius 3 is 1.73 bits per heavy atom. The second kappa shape index (κ2) is 13.1. The standard InChI is InChI=1S/C16H15O2.3ClH.Ti/c1-12(15(17)13-8-4-2-5-9-13)16(18)14-10-6-3-7-11-14;;;;/h2-12,15H,1H3;3*1H;/q-1;;;;+4/p-3/t12-,15-;;;;/m0..../s1. The van der Waals surface area contributed by atoms with E-state index in [1.165, 1.54) is 0 Å². The molecule has 2 atom stereocenters. The zero-order chi connectivity index (χ0) is 13.0. The van der Waals surface area contributed by atoms with Gasteiger partial charge in [-0.05, 0) is 0 Å².